The molecule has 0 radical (unpaired) electrons. The fourth-order valence-electron chi connectivity index (χ4n) is 2.42. The van der Waals surface area contributed by atoms with E-state index in [9.17, 15) is 14.7 Å². The van der Waals surface area contributed by atoms with Crippen molar-refractivity contribution in [3.05, 3.63) is 58.1 Å². The number of azo groups is 1. The normalized spacial score (nSPS) is 11.2. The number of amides is 2. The Hall–Kier alpha value is -2.90. The predicted octanol–water partition coefficient (Wildman–Crippen LogP) is 4.61. The molecule has 7 nitrogen and oxygen atoms in total. The number of hydrogen-bond acceptors (Lipinski definition) is 4. The van der Waals surface area contributed by atoms with Crippen LogP contribution in [0.5, 0.6) is 5.88 Å². The van der Waals surface area contributed by atoms with E-state index in [-0.39, 0.29) is 30.4 Å². The van der Waals surface area contributed by atoms with Crippen LogP contribution in [-0.2, 0) is 4.79 Å². The van der Waals surface area contributed by atoms with Gasteiger partial charge in [-0.25, -0.2) is 0 Å². The third kappa shape index (κ3) is 4.45. The minimum atomic E-state index is -0.551. The molecule has 9 heteroatoms. The summed E-state index contributed by atoms with van der Waals surface area (Å²) >= 11 is 12.0. The maximum Gasteiger partial charge on any atom is 0.266 e. The minimum Gasteiger partial charge on any atom is -0.493 e. The third-order valence-electron chi connectivity index (χ3n) is 3.70. The lowest BCUT2D eigenvalue weighted by Gasteiger charge is -2.02. The molecule has 0 aliphatic heterocycles. The highest BCUT2D eigenvalue weighted by molar-refractivity contribution is 6.38. The Bertz CT molecular complexity index is 1030. The van der Waals surface area contributed by atoms with E-state index in [0.29, 0.717) is 26.5 Å². The lowest BCUT2D eigenvalue weighted by Crippen LogP contribution is -2.25. The van der Waals surface area contributed by atoms with E-state index < -0.39 is 5.91 Å². The number of carbonyl (C=O) groups is 2. The molecular formula is C18H14Cl2N4O3. The second-order valence-electron chi connectivity index (χ2n) is 5.60. The maximum atomic E-state index is 11.9. The van der Waals surface area contributed by atoms with Crippen molar-refractivity contribution in [2.24, 2.45) is 10.2 Å². The van der Waals surface area contributed by atoms with Gasteiger partial charge in [0, 0.05) is 28.9 Å². The number of carbonyl (C=O) groups excluding carboxylic acids is 2. The van der Waals surface area contributed by atoms with Crippen LogP contribution in [0.2, 0.25) is 10.0 Å². The molecule has 0 aliphatic rings. The van der Waals surface area contributed by atoms with Gasteiger partial charge in [-0.15, -0.1) is 10.2 Å². The van der Waals surface area contributed by atoms with Gasteiger partial charge in [0.1, 0.15) is 0 Å². The van der Waals surface area contributed by atoms with Crippen LogP contribution in [0.15, 0.2) is 52.7 Å². The number of hydrogen-bond donors (Lipinski definition) is 3. The topological polar surface area (TPSA) is 107 Å². The second-order valence-corrected chi connectivity index (χ2v) is 6.44. The zero-order valence-electron chi connectivity index (χ0n) is 13.9. The predicted molar refractivity (Wildman–Crippen MR) is 103 cm³/mol. The van der Waals surface area contributed by atoms with E-state index in [1.165, 1.54) is 6.07 Å². The monoisotopic (exact) mass is 404 g/mol. The smallest absolute Gasteiger partial charge is 0.266 e. The fourth-order valence-corrected chi connectivity index (χ4v) is 2.96. The van der Waals surface area contributed by atoms with Crippen molar-refractivity contribution in [2.45, 2.75) is 6.42 Å². The van der Waals surface area contributed by atoms with Crippen molar-refractivity contribution >= 4 is 51.6 Å². The van der Waals surface area contributed by atoms with Gasteiger partial charge < -0.3 is 15.4 Å². The third-order valence-corrected chi connectivity index (χ3v) is 4.22. The van der Waals surface area contributed by atoms with Gasteiger partial charge in [-0.2, -0.15) is 0 Å². The molecule has 0 saturated heterocycles. The first-order chi connectivity index (χ1) is 13.0. The van der Waals surface area contributed by atoms with Gasteiger partial charge in [-0.3, -0.25) is 9.59 Å². The Morgan fingerprint density at radius 3 is 2.63 bits per heavy atom. The summed E-state index contributed by atoms with van der Waals surface area (Å²) in [4.78, 5) is 26.4. The van der Waals surface area contributed by atoms with E-state index in [1.54, 1.807) is 36.4 Å². The lowest BCUT2D eigenvalue weighted by atomic mass is 10.2. The number of halogens is 2. The summed E-state index contributed by atoms with van der Waals surface area (Å²) in [6, 6.07) is 11.7. The summed E-state index contributed by atoms with van der Waals surface area (Å²) < 4.78 is 0. The Labute approximate surface area is 164 Å². The molecular weight excluding hydrogens is 391 g/mol. The molecule has 27 heavy (non-hydrogen) atoms. The van der Waals surface area contributed by atoms with Crippen molar-refractivity contribution in [2.75, 3.05) is 6.54 Å². The molecule has 0 aliphatic carbocycles. The summed E-state index contributed by atoms with van der Waals surface area (Å²) in [5, 5.41) is 21.1. The largest absolute Gasteiger partial charge is 0.493 e. The molecule has 138 valence electrons. The molecule has 0 bridgehead atoms. The molecule has 2 amide bonds. The highest BCUT2D eigenvalue weighted by atomic mass is 35.5. The van der Waals surface area contributed by atoms with Crippen LogP contribution in [0.3, 0.4) is 0 Å². The molecule has 1 aromatic heterocycles. The van der Waals surface area contributed by atoms with Crippen LogP contribution >= 0.6 is 23.2 Å². The first-order valence-electron chi connectivity index (χ1n) is 7.93. The van der Waals surface area contributed by atoms with Gasteiger partial charge in [0.25, 0.3) is 11.8 Å². The molecule has 1 heterocycles. The first kappa shape index (κ1) is 18.9. The Morgan fingerprint density at radius 2 is 1.89 bits per heavy atom. The van der Waals surface area contributed by atoms with Crippen molar-refractivity contribution in [3.8, 4) is 5.88 Å². The average Bonchev–Trinajstić information content (AvgIpc) is 2.96. The van der Waals surface area contributed by atoms with Crippen molar-refractivity contribution < 1.29 is 14.7 Å². The number of benzene rings is 2. The molecule has 0 spiro atoms. The molecule has 3 rings (SSSR count). The van der Waals surface area contributed by atoms with Crippen LogP contribution in [0.25, 0.3) is 10.9 Å². The number of nitrogens with zero attached hydrogens (tertiary/aromatic N) is 2. The summed E-state index contributed by atoms with van der Waals surface area (Å²) in [6.07, 6.45) is -0.0350. The van der Waals surface area contributed by atoms with Gasteiger partial charge in [0.2, 0.25) is 5.88 Å². The average molecular weight is 405 g/mol. The fraction of sp³-hybridized carbons (Fsp3) is 0.111. The number of nitrogens with one attached hydrogen (secondary N) is 2. The molecule has 0 unspecified atom stereocenters. The number of rotatable bonds is 5. The van der Waals surface area contributed by atoms with E-state index in [4.69, 9.17) is 23.2 Å². The van der Waals surface area contributed by atoms with Gasteiger partial charge in [0.05, 0.1) is 10.5 Å². The molecule has 0 atom stereocenters. The number of aromatic amines is 1. The van der Waals surface area contributed by atoms with Crippen LogP contribution in [0.4, 0.5) is 5.69 Å². The van der Waals surface area contributed by atoms with Gasteiger partial charge in [-0.05, 0) is 24.3 Å². The lowest BCUT2D eigenvalue weighted by molar-refractivity contribution is -0.118. The quantitative estimate of drug-likeness (QED) is 0.540. The van der Waals surface area contributed by atoms with Crippen LogP contribution in [-0.4, -0.2) is 28.4 Å². The zero-order chi connectivity index (χ0) is 19.4. The van der Waals surface area contributed by atoms with Crippen molar-refractivity contribution in [1.29, 1.82) is 0 Å². The highest BCUT2D eigenvalue weighted by Crippen LogP contribution is 2.40. The minimum absolute atomic E-state index is 0.0350. The Kier molecular flexibility index (Phi) is 5.73. The maximum absolute atomic E-state index is 11.9. The Balaban J connectivity index is 1.63. The molecule has 3 aromatic rings. The molecule has 3 N–H and O–H groups in total. The molecule has 0 saturated carbocycles. The Morgan fingerprint density at radius 1 is 1.15 bits per heavy atom. The summed E-state index contributed by atoms with van der Waals surface area (Å²) in [7, 11) is 0. The van der Waals surface area contributed by atoms with Gasteiger partial charge >= 0.3 is 0 Å². The van der Waals surface area contributed by atoms with Gasteiger partial charge in [0.15, 0.2) is 5.69 Å². The number of aromatic nitrogens is 1. The van der Waals surface area contributed by atoms with Crippen molar-refractivity contribution in [3.63, 3.8) is 0 Å². The highest BCUT2D eigenvalue weighted by Gasteiger charge is 2.14. The van der Waals surface area contributed by atoms with Crippen LogP contribution in [0, 0.1) is 0 Å². The van der Waals surface area contributed by atoms with E-state index in [0.717, 1.165) is 0 Å². The summed E-state index contributed by atoms with van der Waals surface area (Å²) in [5.74, 6) is -1.10. The van der Waals surface area contributed by atoms with E-state index in [2.05, 4.69) is 20.5 Å². The molecule has 0 fully saturated rings. The van der Waals surface area contributed by atoms with Crippen LogP contribution in [0.1, 0.15) is 16.8 Å². The second kappa shape index (κ2) is 8.20. The first-order valence-corrected chi connectivity index (χ1v) is 8.69. The van der Waals surface area contributed by atoms with Gasteiger partial charge in [-0.1, -0.05) is 41.4 Å². The summed E-state index contributed by atoms with van der Waals surface area (Å²) in [5.41, 5.74) is 1.01. The van der Waals surface area contributed by atoms with E-state index in [1.807, 2.05) is 0 Å². The summed E-state index contributed by atoms with van der Waals surface area (Å²) in [6.45, 7) is 0.114. The SMILES string of the molecule is O=C(CCNC(=O)c1ccccc1)N=Nc1c(O)[nH]c2c(Cl)cc(Cl)cc12. The van der Waals surface area contributed by atoms with E-state index >= 15 is 0 Å². The number of fused-ring (bicyclic) bond motifs is 1. The number of aromatic hydroxyl groups is 1. The van der Waals surface area contributed by atoms with Crippen molar-refractivity contribution in [1.82, 2.24) is 10.3 Å². The zero-order valence-corrected chi connectivity index (χ0v) is 15.4. The molecule has 2 aromatic carbocycles. The van der Waals surface area contributed by atoms with Crippen LogP contribution < -0.4 is 5.32 Å². The standard InChI is InChI=1S/C18H14Cl2N4O3/c19-11-8-12-15(13(20)9-11)22-18(27)16(12)24-23-14(25)6-7-21-17(26)10-4-2-1-3-5-10/h1-5,8-9,22,27H,6-7H2,(H,21,26). The number of H-pyrrole nitrogens is 1.